The van der Waals surface area contributed by atoms with Gasteiger partial charge in [0.05, 0.1) is 16.4 Å². The predicted molar refractivity (Wildman–Crippen MR) is 304 cm³/mol. The minimum atomic E-state index is -0.539. The Hall–Kier alpha value is -6.36. The largest absolute Gasteiger partial charge is 0.376 e. The minimum absolute atomic E-state index is 0.0187. The number of anilines is 2. The standard InChI is InChI=1S/C69H57BN2S/c1-3-12-46(13-4-1)69(47-14-5-2-6-15-47)55-18-8-9-20-59(55)72-64-51(17-11-19-56(64)69)62-63-60(33-54-50-16-7-10-21-61(50)73-66(54)62)71-58-23-22-48(67-34-40-24-41(35-67)26-42(25-40)36-67)30-52(58)53-31-49(32-57(65(53)71)70(63)72)68-37-43-27-44(38-68)29-45(28-43)39-68/h1-23,30-33,40-45H,24-29,34-39H2. The molecule has 2 nitrogen and oxygen atoms in total. The molecule has 0 radical (unpaired) electrons. The molecule has 8 aromatic carbocycles. The lowest BCUT2D eigenvalue weighted by Gasteiger charge is -2.57. The zero-order chi connectivity index (χ0) is 47.1. The fourth-order valence-electron chi connectivity index (χ4n) is 20.2. The number of fused-ring (bicyclic) bond motifs is 13. The van der Waals surface area contributed by atoms with Crippen LogP contribution in [0.5, 0.6) is 0 Å². The van der Waals surface area contributed by atoms with Gasteiger partial charge in [-0.05, 0) is 204 Å². The van der Waals surface area contributed by atoms with Crippen LogP contribution in [-0.4, -0.2) is 11.4 Å². The Kier molecular flexibility index (Phi) is 7.51. The number of hydrogen-bond donors (Lipinski definition) is 0. The minimum Gasteiger partial charge on any atom is -0.376 e. The van der Waals surface area contributed by atoms with Crippen molar-refractivity contribution in [3.8, 4) is 16.8 Å². The Morgan fingerprint density at radius 1 is 0.452 bits per heavy atom. The maximum absolute atomic E-state index is 2.90. The number of nitrogens with zero attached hydrogens (tertiary/aromatic N) is 2. The van der Waals surface area contributed by atoms with Crippen molar-refractivity contribution in [2.45, 2.75) is 93.3 Å². The molecule has 0 N–H and O–H groups in total. The highest BCUT2D eigenvalue weighted by atomic mass is 32.1. The highest BCUT2D eigenvalue weighted by Gasteiger charge is 2.57. The third kappa shape index (κ3) is 4.91. The van der Waals surface area contributed by atoms with Crippen LogP contribution in [0.4, 0.5) is 11.4 Å². The Balaban J connectivity index is 0.974. The highest BCUT2D eigenvalue weighted by Crippen LogP contribution is 2.65. The van der Waals surface area contributed by atoms with E-state index in [1.165, 1.54) is 180 Å². The van der Waals surface area contributed by atoms with Gasteiger partial charge in [-0.25, -0.2) is 0 Å². The van der Waals surface area contributed by atoms with Crippen molar-refractivity contribution in [2.75, 3.05) is 4.81 Å². The van der Waals surface area contributed by atoms with Crippen molar-refractivity contribution in [1.29, 1.82) is 0 Å². The van der Waals surface area contributed by atoms with E-state index in [9.17, 15) is 0 Å². The van der Waals surface area contributed by atoms with E-state index in [4.69, 9.17) is 0 Å². The summed E-state index contributed by atoms with van der Waals surface area (Å²) in [6.45, 7) is -0.0187. The molecule has 21 rings (SSSR count). The quantitative estimate of drug-likeness (QED) is 0.160. The van der Waals surface area contributed by atoms with Crippen LogP contribution in [0.1, 0.15) is 110 Å². The molecule has 0 unspecified atom stereocenters. The third-order valence-electron chi connectivity index (χ3n) is 21.9. The van der Waals surface area contributed by atoms with Crippen LogP contribution in [0.25, 0.3) is 58.8 Å². The Morgan fingerprint density at radius 2 is 1.04 bits per heavy atom. The smallest absolute Gasteiger partial charge is 0.333 e. The van der Waals surface area contributed by atoms with Crippen molar-refractivity contribution >= 4 is 82.5 Å². The van der Waals surface area contributed by atoms with Crippen LogP contribution in [0, 0.1) is 35.5 Å². The summed E-state index contributed by atoms with van der Waals surface area (Å²) in [5.41, 5.74) is 21.5. The summed E-state index contributed by atoms with van der Waals surface area (Å²) in [6.07, 6.45) is 17.1. The Labute approximate surface area is 432 Å². The second-order valence-electron chi connectivity index (χ2n) is 25.6. The molecule has 3 aliphatic heterocycles. The molecule has 0 atom stereocenters. The number of benzene rings is 8. The van der Waals surface area contributed by atoms with Gasteiger partial charge in [0.15, 0.2) is 0 Å². The first kappa shape index (κ1) is 40.1. The molecule has 11 aliphatic rings. The lowest BCUT2D eigenvalue weighted by molar-refractivity contribution is -0.00526. The van der Waals surface area contributed by atoms with Crippen LogP contribution >= 0.6 is 11.3 Å². The van der Waals surface area contributed by atoms with E-state index in [1.54, 1.807) is 11.1 Å². The molecule has 0 amide bonds. The number of hydrogen-bond acceptors (Lipinski definition) is 2. The van der Waals surface area contributed by atoms with E-state index in [2.05, 4.69) is 173 Å². The van der Waals surface area contributed by atoms with Crippen molar-refractivity contribution in [3.63, 3.8) is 0 Å². The SMILES string of the molecule is c1ccc(C2(c3ccccc3)c3ccccc3N3B4c5c(cc6c(sc7ccccc76)c5-c5cccc2c53)-n2c3ccc(C56CC7CC(CC(C7)C5)C6)cc3c3cc(C56CC7CC(CC(C7)C5)C6)cc4c32)cc1. The zero-order valence-electron chi connectivity index (χ0n) is 41.4. The van der Waals surface area contributed by atoms with Crippen LogP contribution in [0.15, 0.2) is 164 Å². The molecule has 0 spiro atoms. The van der Waals surface area contributed by atoms with Gasteiger partial charge in [0.25, 0.3) is 0 Å². The number of rotatable bonds is 4. The van der Waals surface area contributed by atoms with Gasteiger partial charge < -0.3 is 9.38 Å². The van der Waals surface area contributed by atoms with Gasteiger partial charge in [-0.2, -0.15) is 0 Å². The van der Waals surface area contributed by atoms with E-state index in [0.29, 0.717) is 5.41 Å². The van der Waals surface area contributed by atoms with Gasteiger partial charge in [0.2, 0.25) is 0 Å². The molecule has 8 saturated carbocycles. The van der Waals surface area contributed by atoms with Crippen LogP contribution < -0.4 is 15.7 Å². The van der Waals surface area contributed by atoms with E-state index in [1.807, 2.05) is 11.3 Å². The summed E-state index contributed by atoms with van der Waals surface area (Å²) in [6, 6.07) is 65.7. The van der Waals surface area contributed by atoms with Gasteiger partial charge in [-0.3, -0.25) is 0 Å². The molecular weight excluding hydrogens is 900 g/mol. The molecule has 8 bridgehead atoms. The maximum atomic E-state index is 2.90. The second kappa shape index (κ2) is 13.7. The van der Waals surface area contributed by atoms with Crippen LogP contribution in [0.3, 0.4) is 0 Å². The molecule has 352 valence electrons. The Morgan fingerprint density at radius 3 is 1.73 bits per heavy atom. The van der Waals surface area contributed by atoms with Gasteiger partial charge in [-0.1, -0.05) is 127 Å². The third-order valence-corrected chi connectivity index (χ3v) is 23.1. The topological polar surface area (TPSA) is 8.17 Å². The Bertz CT molecular complexity index is 3970. The van der Waals surface area contributed by atoms with E-state index >= 15 is 0 Å². The number of aromatic nitrogens is 1. The second-order valence-corrected chi connectivity index (χ2v) is 26.6. The summed E-state index contributed by atoms with van der Waals surface area (Å²) in [4.78, 5) is 2.90. The van der Waals surface area contributed by atoms with Crippen LogP contribution in [-0.2, 0) is 16.2 Å². The van der Waals surface area contributed by atoms with Gasteiger partial charge in [0.1, 0.15) is 0 Å². The lowest BCUT2D eigenvalue weighted by Crippen LogP contribution is -2.62. The van der Waals surface area contributed by atoms with Gasteiger partial charge in [0, 0.05) is 59.1 Å². The number of thiophene rings is 1. The molecule has 8 aliphatic carbocycles. The molecule has 0 saturated heterocycles. The fraction of sp³-hybridized carbons (Fsp3) is 0.304. The number of para-hydroxylation sites is 2. The maximum Gasteiger partial charge on any atom is 0.333 e. The first-order valence-electron chi connectivity index (χ1n) is 28.3. The summed E-state index contributed by atoms with van der Waals surface area (Å²) < 4.78 is 5.62. The van der Waals surface area contributed by atoms with E-state index < -0.39 is 5.41 Å². The monoisotopic (exact) mass is 956 g/mol. The molecule has 2 aromatic heterocycles. The normalized spacial score (nSPS) is 28.9. The van der Waals surface area contributed by atoms with E-state index in [-0.39, 0.29) is 12.3 Å². The summed E-state index contributed by atoms with van der Waals surface area (Å²) in [7, 11) is 0. The molecule has 5 heterocycles. The first-order valence-corrected chi connectivity index (χ1v) is 29.1. The fourth-order valence-corrected chi connectivity index (χ4v) is 21.5. The molecular formula is C69H57BN2S. The molecule has 73 heavy (non-hydrogen) atoms. The summed E-state index contributed by atoms with van der Waals surface area (Å²) >= 11 is 2.02. The highest BCUT2D eigenvalue weighted by molar-refractivity contribution is 7.26. The van der Waals surface area contributed by atoms with Crippen molar-refractivity contribution in [3.05, 3.63) is 197 Å². The average molecular weight is 957 g/mol. The van der Waals surface area contributed by atoms with Gasteiger partial charge >= 0.3 is 6.85 Å². The van der Waals surface area contributed by atoms with Crippen molar-refractivity contribution in [1.82, 2.24) is 4.57 Å². The predicted octanol–water partition coefficient (Wildman–Crippen LogP) is 16.0. The van der Waals surface area contributed by atoms with Gasteiger partial charge in [-0.15, -0.1) is 11.3 Å². The zero-order valence-corrected chi connectivity index (χ0v) is 42.2. The van der Waals surface area contributed by atoms with Crippen molar-refractivity contribution in [2.24, 2.45) is 35.5 Å². The van der Waals surface area contributed by atoms with Crippen molar-refractivity contribution < 1.29 is 0 Å². The lowest BCUT2D eigenvalue weighted by atomic mass is 9.41. The summed E-state index contributed by atoms with van der Waals surface area (Å²) in [5, 5.41) is 5.78. The first-order chi connectivity index (χ1) is 36.0. The molecule has 10 aromatic rings. The molecule has 8 fully saturated rings. The van der Waals surface area contributed by atoms with E-state index in [0.717, 1.165) is 35.5 Å². The summed E-state index contributed by atoms with van der Waals surface area (Å²) in [5.74, 6) is 5.36. The van der Waals surface area contributed by atoms with Crippen LogP contribution in [0.2, 0.25) is 0 Å². The molecule has 4 heteroatoms. The average Bonchev–Trinajstić information content (AvgIpc) is 3.97.